The van der Waals surface area contributed by atoms with Crippen molar-refractivity contribution in [2.45, 2.75) is 37.8 Å². The molecule has 0 saturated carbocycles. The summed E-state index contributed by atoms with van der Waals surface area (Å²) in [5, 5.41) is 9.90. The summed E-state index contributed by atoms with van der Waals surface area (Å²) in [4.78, 5) is 17.2. The number of nitrogens with one attached hydrogen (secondary N) is 1. The maximum atomic E-state index is 13.1. The lowest BCUT2D eigenvalue weighted by atomic mass is 10.0. The van der Waals surface area contributed by atoms with Crippen LogP contribution in [0, 0.1) is 0 Å². The molecule has 1 aliphatic heterocycles. The number of aryl methyl sites for hydroxylation is 1. The van der Waals surface area contributed by atoms with Gasteiger partial charge in [-0.2, -0.15) is 0 Å². The van der Waals surface area contributed by atoms with E-state index in [1.807, 2.05) is 66.5 Å². The van der Waals surface area contributed by atoms with Gasteiger partial charge < -0.3 is 10.0 Å². The highest BCUT2D eigenvalue weighted by molar-refractivity contribution is 7.88. The number of sulfonamides is 1. The average molecular weight is 510 g/mol. The molecule has 188 valence electrons. The number of likely N-dealkylation sites (N-methyl/N-ethyl adjacent to an activating group) is 1. The van der Waals surface area contributed by atoms with Gasteiger partial charge in [-0.1, -0.05) is 54.6 Å². The third kappa shape index (κ3) is 9.00. The predicted molar refractivity (Wildman–Crippen MR) is 138 cm³/mol. The Morgan fingerprint density at radius 1 is 1.15 bits per heavy atom. The van der Waals surface area contributed by atoms with Crippen molar-refractivity contribution in [3.8, 4) is 0 Å². The molecule has 2 aromatic rings. The number of hydrogen-bond acceptors (Lipinski definition) is 5. The smallest absolute Gasteiger partial charge is 0.227 e. The predicted octanol–water partition coefficient (Wildman–Crippen LogP) is 2.40. The number of benzene rings is 2. The summed E-state index contributed by atoms with van der Waals surface area (Å²) >= 11 is 0. The molecule has 1 heterocycles. The topological polar surface area (TPSA) is 90.0 Å². The van der Waals surface area contributed by atoms with Crippen molar-refractivity contribution in [2.24, 2.45) is 0 Å². The van der Waals surface area contributed by atoms with Gasteiger partial charge in [-0.15, -0.1) is 12.4 Å². The number of halogens is 1. The van der Waals surface area contributed by atoms with Crippen LogP contribution >= 0.6 is 12.4 Å². The third-order valence-electron chi connectivity index (χ3n) is 6.11. The fourth-order valence-electron chi connectivity index (χ4n) is 4.20. The van der Waals surface area contributed by atoms with E-state index in [0.29, 0.717) is 26.1 Å². The first kappa shape index (κ1) is 28.3. The zero-order valence-electron chi connectivity index (χ0n) is 19.9. The van der Waals surface area contributed by atoms with Gasteiger partial charge in [0.15, 0.2) is 0 Å². The molecule has 0 aliphatic carbocycles. The highest BCUT2D eigenvalue weighted by Gasteiger charge is 2.28. The summed E-state index contributed by atoms with van der Waals surface area (Å²) in [6.07, 6.45) is 3.45. The van der Waals surface area contributed by atoms with Crippen LogP contribution in [0.1, 0.15) is 35.6 Å². The van der Waals surface area contributed by atoms with E-state index in [9.17, 15) is 18.3 Å². The number of aliphatic hydroxyl groups excluding tert-OH is 1. The summed E-state index contributed by atoms with van der Waals surface area (Å²) < 4.78 is 24.8. The van der Waals surface area contributed by atoms with Crippen molar-refractivity contribution < 1.29 is 18.3 Å². The van der Waals surface area contributed by atoms with Crippen LogP contribution in [0.3, 0.4) is 0 Å². The fourth-order valence-corrected chi connectivity index (χ4v) is 4.71. The molecular formula is C25H36ClN3O4S. The van der Waals surface area contributed by atoms with E-state index in [-0.39, 0.29) is 30.5 Å². The molecule has 0 spiro atoms. The van der Waals surface area contributed by atoms with Gasteiger partial charge in [0.05, 0.1) is 24.8 Å². The Morgan fingerprint density at radius 2 is 1.79 bits per heavy atom. The van der Waals surface area contributed by atoms with Crippen molar-refractivity contribution in [1.82, 2.24) is 14.5 Å². The Labute approximate surface area is 209 Å². The second-order valence-corrected chi connectivity index (χ2v) is 10.7. The largest absolute Gasteiger partial charge is 0.392 e. The molecule has 1 aliphatic rings. The van der Waals surface area contributed by atoms with Crippen LogP contribution < -0.4 is 4.72 Å². The molecular weight excluding hydrogens is 474 g/mol. The zero-order chi connectivity index (χ0) is 23.8. The average Bonchev–Trinajstić information content (AvgIpc) is 3.20. The van der Waals surface area contributed by atoms with Crippen molar-refractivity contribution in [3.05, 3.63) is 71.3 Å². The van der Waals surface area contributed by atoms with Gasteiger partial charge in [0.1, 0.15) is 0 Å². The molecule has 1 saturated heterocycles. The van der Waals surface area contributed by atoms with Crippen LogP contribution in [-0.2, 0) is 27.7 Å². The number of hydrogen-bond donors (Lipinski definition) is 2. The normalized spacial score (nSPS) is 17.2. The lowest BCUT2D eigenvalue weighted by molar-refractivity contribution is -0.131. The molecule has 2 atom stereocenters. The van der Waals surface area contributed by atoms with E-state index >= 15 is 0 Å². The second kappa shape index (κ2) is 13.2. The summed E-state index contributed by atoms with van der Waals surface area (Å²) in [5.74, 6) is 0.0497. The van der Waals surface area contributed by atoms with E-state index in [1.165, 1.54) is 0 Å². The molecule has 2 aromatic carbocycles. The highest BCUT2D eigenvalue weighted by atomic mass is 35.5. The minimum absolute atomic E-state index is 0. The second-order valence-electron chi connectivity index (χ2n) is 8.90. The van der Waals surface area contributed by atoms with Crippen LogP contribution in [-0.4, -0.2) is 74.8 Å². The summed E-state index contributed by atoms with van der Waals surface area (Å²) in [5.41, 5.74) is 3.16. The molecule has 1 fully saturated rings. The van der Waals surface area contributed by atoms with Crippen LogP contribution in [0.15, 0.2) is 54.6 Å². The van der Waals surface area contributed by atoms with Crippen LogP contribution in [0.2, 0.25) is 0 Å². The third-order valence-corrected chi connectivity index (χ3v) is 6.84. The highest BCUT2D eigenvalue weighted by Crippen LogP contribution is 2.24. The molecule has 7 nitrogen and oxygen atoms in total. The molecule has 0 aromatic heterocycles. The molecule has 3 rings (SSSR count). The Morgan fingerprint density at radius 3 is 2.38 bits per heavy atom. The van der Waals surface area contributed by atoms with E-state index in [4.69, 9.17) is 0 Å². The van der Waals surface area contributed by atoms with Gasteiger partial charge in [-0.3, -0.25) is 9.69 Å². The lowest BCUT2D eigenvalue weighted by Gasteiger charge is -2.32. The molecule has 0 unspecified atom stereocenters. The molecule has 0 radical (unpaired) electrons. The summed E-state index contributed by atoms with van der Waals surface area (Å²) in [7, 11) is -1.30. The quantitative estimate of drug-likeness (QED) is 0.454. The minimum atomic E-state index is -3.15. The van der Waals surface area contributed by atoms with Gasteiger partial charge in [-0.05, 0) is 36.0 Å². The van der Waals surface area contributed by atoms with Gasteiger partial charge in [0.25, 0.3) is 0 Å². The van der Waals surface area contributed by atoms with Crippen LogP contribution in [0.5, 0.6) is 0 Å². The van der Waals surface area contributed by atoms with E-state index in [1.54, 1.807) is 0 Å². The van der Waals surface area contributed by atoms with Gasteiger partial charge in [0.2, 0.25) is 15.9 Å². The Balaban J connectivity index is 0.00000408. The first-order valence-electron chi connectivity index (χ1n) is 11.4. The van der Waals surface area contributed by atoms with E-state index in [0.717, 1.165) is 48.8 Å². The summed E-state index contributed by atoms with van der Waals surface area (Å²) in [6.45, 7) is 2.60. The standard InChI is InChI=1S/C25H35N3O4S.ClH/c1-27(24(22-8-4-3-5-9-22)19-28-16-14-23(29)18-28)25(30)17-21-12-10-20(11-13-21)7-6-15-26-33(2,31)32;/h3-5,8-13,23-24,26,29H,6-7,14-19H2,1-2H3;1H/t23-,24+;/m0./s1. The van der Waals surface area contributed by atoms with E-state index in [2.05, 4.69) is 9.62 Å². The van der Waals surface area contributed by atoms with Crippen LogP contribution in [0.25, 0.3) is 0 Å². The lowest BCUT2D eigenvalue weighted by Crippen LogP contribution is -2.39. The number of carbonyl (C=O) groups is 1. The number of β-amino-alcohol motifs (C(OH)–C–C–N with tert-alkyl or cyclic N) is 1. The van der Waals surface area contributed by atoms with E-state index < -0.39 is 10.0 Å². The molecule has 1 amide bonds. The molecule has 9 heteroatoms. The van der Waals surface area contributed by atoms with Gasteiger partial charge >= 0.3 is 0 Å². The monoisotopic (exact) mass is 509 g/mol. The maximum Gasteiger partial charge on any atom is 0.227 e. The van der Waals surface area contributed by atoms with Gasteiger partial charge in [0, 0.05) is 33.2 Å². The number of amides is 1. The summed E-state index contributed by atoms with van der Waals surface area (Å²) in [6, 6.07) is 17.9. The Bertz CT molecular complexity index is 1000. The van der Waals surface area contributed by atoms with Crippen molar-refractivity contribution in [2.75, 3.05) is 39.5 Å². The number of likely N-dealkylation sites (tertiary alicyclic amines) is 1. The zero-order valence-corrected chi connectivity index (χ0v) is 21.5. The van der Waals surface area contributed by atoms with Crippen molar-refractivity contribution in [1.29, 1.82) is 0 Å². The number of carbonyl (C=O) groups excluding carboxylic acids is 1. The Hall–Kier alpha value is -1.97. The first-order valence-corrected chi connectivity index (χ1v) is 13.3. The van der Waals surface area contributed by atoms with Crippen molar-refractivity contribution >= 4 is 28.3 Å². The molecule has 2 N–H and O–H groups in total. The minimum Gasteiger partial charge on any atom is -0.392 e. The number of rotatable bonds is 11. The Kier molecular flexibility index (Phi) is 11.0. The molecule has 34 heavy (non-hydrogen) atoms. The first-order chi connectivity index (χ1) is 15.7. The van der Waals surface area contributed by atoms with Crippen LogP contribution in [0.4, 0.5) is 0 Å². The number of nitrogens with zero attached hydrogens (tertiary/aromatic N) is 2. The van der Waals surface area contributed by atoms with Gasteiger partial charge in [-0.25, -0.2) is 13.1 Å². The van der Waals surface area contributed by atoms with Crippen molar-refractivity contribution in [3.63, 3.8) is 0 Å². The fraction of sp³-hybridized carbons (Fsp3) is 0.480. The molecule has 0 bridgehead atoms. The maximum absolute atomic E-state index is 13.1. The SMILES string of the molecule is CN(C(=O)Cc1ccc(CCCNS(C)(=O)=O)cc1)[C@H](CN1CC[C@H](O)C1)c1ccccc1.Cl. The number of aliphatic hydroxyl groups is 1.